The molecule has 1 atom stereocenters. The minimum Gasteiger partial charge on any atom is -0.383 e. The third kappa shape index (κ3) is 5.87. The minimum absolute atomic E-state index is 0.0523. The van der Waals surface area contributed by atoms with Gasteiger partial charge in [0.2, 0.25) is 5.91 Å². The Labute approximate surface area is 199 Å². The molecule has 0 spiro atoms. The molecule has 0 bridgehead atoms. The summed E-state index contributed by atoms with van der Waals surface area (Å²) in [4.78, 5) is 42.2. The van der Waals surface area contributed by atoms with Crippen molar-refractivity contribution in [3.05, 3.63) is 68.9 Å². The number of amides is 1. The van der Waals surface area contributed by atoms with E-state index in [4.69, 9.17) is 5.73 Å². The number of H-pyrrole nitrogens is 1. The van der Waals surface area contributed by atoms with Gasteiger partial charge in [0.25, 0.3) is 5.56 Å². The van der Waals surface area contributed by atoms with E-state index in [0.29, 0.717) is 13.1 Å². The molecule has 8 nitrogen and oxygen atoms in total. The van der Waals surface area contributed by atoms with E-state index >= 15 is 0 Å². The first-order valence-electron chi connectivity index (χ1n) is 11.7. The van der Waals surface area contributed by atoms with Crippen molar-refractivity contribution in [1.29, 1.82) is 0 Å². The Morgan fingerprint density at radius 3 is 2.35 bits per heavy atom. The van der Waals surface area contributed by atoms with Crippen LogP contribution >= 0.6 is 0 Å². The van der Waals surface area contributed by atoms with E-state index < -0.39 is 11.2 Å². The van der Waals surface area contributed by atoms with E-state index in [1.807, 2.05) is 71.0 Å². The number of rotatable bonds is 9. The molecule has 34 heavy (non-hydrogen) atoms. The maximum absolute atomic E-state index is 13.0. The molecule has 0 aliphatic rings. The van der Waals surface area contributed by atoms with Gasteiger partial charge in [-0.25, -0.2) is 4.79 Å². The van der Waals surface area contributed by atoms with Crippen molar-refractivity contribution in [2.75, 3.05) is 23.7 Å². The summed E-state index contributed by atoms with van der Waals surface area (Å²) in [6.07, 6.45) is 0. The summed E-state index contributed by atoms with van der Waals surface area (Å²) in [6, 6.07) is 14.0. The Morgan fingerprint density at radius 2 is 1.71 bits per heavy atom. The molecular weight excluding hydrogens is 430 g/mol. The van der Waals surface area contributed by atoms with Gasteiger partial charge in [0.1, 0.15) is 11.5 Å². The number of carbonyl (C=O) groups is 1. The smallest absolute Gasteiger partial charge is 0.330 e. The predicted molar refractivity (Wildman–Crippen MR) is 138 cm³/mol. The second kappa shape index (κ2) is 10.6. The molecule has 8 heteroatoms. The molecule has 1 heterocycles. The van der Waals surface area contributed by atoms with Crippen LogP contribution in [0.3, 0.4) is 0 Å². The molecule has 1 aromatic heterocycles. The highest BCUT2D eigenvalue weighted by Crippen LogP contribution is 2.21. The van der Waals surface area contributed by atoms with Crippen LogP contribution in [0.25, 0.3) is 10.8 Å². The Bertz CT molecular complexity index is 1280. The zero-order valence-corrected chi connectivity index (χ0v) is 20.6. The molecule has 0 radical (unpaired) electrons. The lowest BCUT2D eigenvalue weighted by Crippen LogP contribution is -2.45. The summed E-state index contributed by atoms with van der Waals surface area (Å²) < 4.78 is 1.37. The molecule has 0 aliphatic heterocycles. The first kappa shape index (κ1) is 25.1. The number of nitrogens with two attached hydrogens (primary N) is 1. The van der Waals surface area contributed by atoms with Crippen molar-refractivity contribution in [3.8, 4) is 0 Å². The molecular formula is C26H35N5O3. The number of fused-ring (bicyclic) bond motifs is 1. The maximum atomic E-state index is 13.0. The first-order chi connectivity index (χ1) is 16.1. The van der Waals surface area contributed by atoms with Crippen molar-refractivity contribution in [1.82, 2.24) is 14.9 Å². The maximum Gasteiger partial charge on any atom is 0.330 e. The van der Waals surface area contributed by atoms with Crippen molar-refractivity contribution in [3.63, 3.8) is 0 Å². The highest BCUT2D eigenvalue weighted by Gasteiger charge is 2.23. The van der Waals surface area contributed by atoms with E-state index in [2.05, 4.69) is 16.4 Å². The second-order valence-corrected chi connectivity index (χ2v) is 9.67. The van der Waals surface area contributed by atoms with Crippen molar-refractivity contribution in [2.45, 2.75) is 47.2 Å². The molecule has 182 valence electrons. The molecule has 0 saturated carbocycles. The summed E-state index contributed by atoms with van der Waals surface area (Å²) in [5, 5.41) is 5.27. The number of aromatic nitrogens is 2. The molecule has 3 rings (SSSR count). The van der Waals surface area contributed by atoms with Crippen LogP contribution in [0, 0.1) is 11.8 Å². The highest BCUT2D eigenvalue weighted by molar-refractivity contribution is 5.85. The van der Waals surface area contributed by atoms with Gasteiger partial charge in [-0.1, -0.05) is 64.1 Å². The van der Waals surface area contributed by atoms with Crippen molar-refractivity contribution < 1.29 is 4.79 Å². The molecule has 0 aliphatic carbocycles. The molecule has 2 aromatic carbocycles. The molecule has 1 unspecified atom stereocenters. The molecule has 0 fully saturated rings. The third-order valence-corrected chi connectivity index (χ3v) is 5.65. The standard InChI is InChI=1S/C26H35N5O3/c1-16(2)13-30(23-24(27)31(14-17(3)4)26(34)29-25(23)33)15-22(32)28-18(5)20-11-10-19-8-6-7-9-21(19)12-20/h6-12,16-18H,13-15,27H2,1-5H3,(H,28,32)(H,29,33,34). The Kier molecular flexibility index (Phi) is 7.81. The fourth-order valence-corrected chi connectivity index (χ4v) is 4.13. The quantitative estimate of drug-likeness (QED) is 0.449. The molecule has 4 N–H and O–H groups in total. The summed E-state index contributed by atoms with van der Waals surface area (Å²) in [5.74, 6) is 0.165. The van der Waals surface area contributed by atoms with Crippen LogP contribution in [0.15, 0.2) is 52.1 Å². The number of hydrogen-bond acceptors (Lipinski definition) is 5. The van der Waals surface area contributed by atoms with E-state index in [1.54, 1.807) is 4.90 Å². The van der Waals surface area contributed by atoms with Gasteiger partial charge in [-0.05, 0) is 41.2 Å². The fraction of sp³-hybridized carbons (Fsp3) is 0.423. The number of nitrogens with one attached hydrogen (secondary N) is 2. The van der Waals surface area contributed by atoms with E-state index in [0.717, 1.165) is 16.3 Å². The number of aromatic amines is 1. The summed E-state index contributed by atoms with van der Waals surface area (Å²) in [5.41, 5.74) is 6.32. The van der Waals surface area contributed by atoms with E-state index in [1.165, 1.54) is 4.57 Å². The van der Waals surface area contributed by atoms with Gasteiger partial charge in [0.15, 0.2) is 0 Å². The normalized spacial score (nSPS) is 12.3. The van der Waals surface area contributed by atoms with Gasteiger partial charge in [0.05, 0.1) is 12.6 Å². The Balaban J connectivity index is 1.85. The average molecular weight is 466 g/mol. The zero-order chi connectivity index (χ0) is 25.0. The Hall–Kier alpha value is -3.55. The van der Waals surface area contributed by atoms with Crippen LogP contribution in [0.5, 0.6) is 0 Å². The highest BCUT2D eigenvalue weighted by atomic mass is 16.2. The lowest BCUT2D eigenvalue weighted by atomic mass is 10.0. The SMILES string of the molecule is CC(C)CN(CC(=O)NC(C)c1ccc2ccccc2c1)c1c(N)n(CC(C)C)c(=O)[nH]c1=O. The van der Waals surface area contributed by atoms with Crippen LogP contribution in [-0.4, -0.2) is 28.5 Å². The lowest BCUT2D eigenvalue weighted by molar-refractivity contribution is -0.120. The van der Waals surface area contributed by atoms with Gasteiger partial charge in [-0.2, -0.15) is 0 Å². The number of anilines is 2. The summed E-state index contributed by atoms with van der Waals surface area (Å²) in [7, 11) is 0. The molecule has 3 aromatic rings. The number of nitrogens with zero attached hydrogens (tertiary/aromatic N) is 2. The fourth-order valence-electron chi connectivity index (χ4n) is 4.13. The van der Waals surface area contributed by atoms with Gasteiger partial charge < -0.3 is 16.0 Å². The van der Waals surface area contributed by atoms with Crippen LogP contribution in [0.2, 0.25) is 0 Å². The first-order valence-corrected chi connectivity index (χ1v) is 11.7. The summed E-state index contributed by atoms with van der Waals surface area (Å²) in [6.45, 7) is 10.6. The van der Waals surface area contributed by atoms with Gasteiger partial charge >= 0.3 is 5.69 Å². The van der Waals surface area contributed by atoms with Gasteiger partial charge in [-0.15, -0.1) is 0 Å². The summed E-state index contributed by atoms with van der Waals surface area (Å²) >= 11 is 0. The number of benzene rings is 2. The minimum atomic E-state index is -0.585. The monoisotopic (exact) mass is 465 g/mol. The number of hydrogen-bond donors (Lipinski definition) is 3. The van der Waals surface area contributed by atoms with Crippen molar-refractivity contribution in [2.24, 2.45) is 11.8 Å². The average Bonchev–Trinajstić information content (AvgIpc) is 2.75. The zero-order valence-electron chi connectivity index (χ0n) is 20.6. The predicted octanol–water partition coefficient (Wildman–Crippen LogP) is 3.27. The van der Waals surface area contributed by atoms with Gasteiger partial charge in [0, 0.05) is 13.1 Å². The van der Waals surface area contributed by atoms with Crippen molar-refractivity contribution >= 4 is 28.2 Å². The van der Waals surface area contributed by atoms with Gasteiger partial charge in [-0.3, -0.25) is 19.1 Å². The van der Waals surface area contributed by atoms with E-state index in [-0.39, 0.29) is 41.8 Å². The largest absolute Gasteiger partial charge is 0.383 e. The second-order valence-electron chi connectivity index (χ2n) is 9.67. The van der Waals surface area contributed by atoms with Crippen LogP contribution in [0.1, 0.15) is 46.2 Å². The molecule has 1 amide bonds. The third-order valence-electron chi connectivity index (χ3n) is 5.65. The lowest BCUT2D eigenvalue weighted by Gasteiger charge is -2.28. The van der Waals surface area contributed by atoms with E-state index in [9.17, 15) is 14.4 Å². The topological polar surface area (TPSA) is 113 Å². The number of nitrogen functional groups attached to an aromatic ring is 1. The molecule has 0 saturated heterocycles. The van der Waals surface area contributed by atoms with Crippen LogP contribution < -0.4 is 27.2 Å². The van der Waals surface area contributed by atoms with Crippen LogP contribution in [-0.2, 0) is 11.3 Å². The number of carbonyl (C=O) groups excluding carboxylic acids is 1. The van der Waals surface area contributed by atoms with Crippen LogP contribution in [0.4, 0.5) is 11.5 Å². The Morgan fingerprint density at radius 1 is 1.03 bits per heavy atom.